The molecular formula is C13H18BrN3O2. The van der Waals surface area contributed by atoms with E-state index in [9.17, 15) is 9.59 Å². The number of hydrogen-bond acceptors (Lipinski definition) is 2. The van der Waals surface area contributed by atoms with Crippen molar-refractivity contribution in [2.24, 2.45) is 5.73 Å². The standard InChI is InChI=1S/C13H18BrN3O2/c1-2-17(13(15)19)16-12(18)8-4-6-10-5-3-7-11(14)9-10/h3,5,7,9H,2,4,6,8H2,1H3,(H2,15,19)(H,16,18). The highest BCUT2D eigenvalue weighted by atomic mass is 79.9. The molecule has 0 aromatic heterocycles. The summed E-state index contributed by atoms with van der Waals surface area (Å²) >= 11 is 3.40. The van der Waals surface area contributed by atoms with Crippen LogP contribution in [-0.2, 0) is 11.2 Å². The number of amides is 3. The van der Waals surface area contributed by atoms with E-state index in [1.54, 1.807) is 6.92 Å². The van der Waals surface area contributed by atoms with E-state index < -0.39 is 6.03 Å². The van der Waals surface area contributed by atoms with Crippen molar-refractivity contribution in [2.45, 2.75) is 26.2 Å². The Hall–Kier alpha value is -1.56. The molecule has 0 atom stereocenters. The van der Waals surface area contributed by atoms with Crippen LogP contribution >= 0.6 is 15.9 Å². The third-order valence-corrected chi connectivity index (χ3v) is 3.09. The van der Waals surface area contributed by atoms with Crippen LogP contribution in [0.5, 0.6) is 0 Å². The van der Waals surface area contributed by atoms with Gasteiger partial charge in [0.1, 0.15) is 0 Å². The largest absolute Gasteiger partial charge is 0.350 e. The van der Waals surface area contributed by atoms with Gasteiger partial charge in [0.25, 0.3) is 0 Å². The predicted molar refractivity (Wildman–Crippen MR) is 77.2 cm³/mol. The first-order valence-corrected chi connectivity index (χ1v) is 6.93. The van der Waals surface area contributed by atoms with Crippen molar-refractivity contribution in [3.05, 3.63) is 34.3 Å². The number of benzene rings is 1. The first-order valence-electron chi connectivity index (χ1n) is 6.13. The molecule has 0 heterocycles. The van der Waals surface area contributed by atoms with Crippen LogP contribution in [0.1, 0.15) is 25.3 Å². The van der Waals surface area contributed by atoms with Gasteiger partial charge in [-0.05, 0) is 37.5 Å². The number of rotatable bonds is 5. The molecule has 0 saturated heterocycles. The van der Waals surface area contributed by atoms with Gasteiger partial charge in [0, 0.05) is 17.4 Å². The molecule has 0 aliphatic carbocycles. The molecule has 0 bridgehead atoms. The van der Waals surface area contributed by atoms with Gasteiger partial charge in [-0.1, -0.05) is 28.1 Å². The van der Waals surface area contributed by atoms with Crippen LogP contribution in [0.15, 0.2) is 28.7 Å². The predicted octanol–water partition coefficient (Wildman–Crippen LogP) is 2.20. The van der Waals surface area contributed by atoms with Crippen molar-refractivity contribution < 1.29 is 9.59 Å². The summed E-state index contributed by atoms with van der Waals surface area (Å²) < 4.78 is 1.03. The maximum atomic E-state index is 11.6. The monoisotopic (exact) mass is 327 g/mol. The average Bonchev–Trinajstić information content (AvgIpc) is 2.35. The smallest absolute Gasteiger partial charge is 0.333 e. The zero-order valence-electron chi connectivity index (χ0n) is 10.9. The number of carbonyl (C=O) groups is 2. The maximum Gasteiger partial charge on any atom is 0.333 e. The Bertz CT molecular complexity index is 451. The van der Waals surface area contributed by atoms with E-state index in [0.717, 1.165) is 22.3 Å². The molecule has 0 aliphatic heterocycles. The van der Waals surface area contributed by atoms with Crippen LogP contribution in [0.25, 0.3) is 0 Å². The van der Waals surface area contributed by atoms with E-state index in [0.29, 0.717) is 13.0 Å². The molecule has 3 N–H and O–H groups in total. The highest BCUT2D eigenvalue weighted by molar-refractivity contribution is 9.10. The number of urea groups is 1. The lowest BCUT2D eigenvalue weighted by Gasteiger charge is -2.18. The highest BCUT2D eigenvalue weighted by Gasteiger charge is 2.10. The van der Waals surface area contributed by atoms with Crippen molar-refractivity contribution in [1.29, 1.82) is 0 Å². The summed E-state index contributed by atoms with van der Waals surface area (Å²) in [5.74, 6) is -0.198. The van der Waals surface area contributed by atoms with E-state index in [1.807, 2.05) is 24.3 Å². The van der Waals surface area contributed by atoms with E-state index in [1.165, 1.54) is 5.56 Å². The summed E-state index contributed by atoms with van der Waals surface area (Å²) in [6.07, 6.45) is 1.89. The molecule has 5 nitrogen and oxygen atoms in total. The van der Waals surface area contributed by atoms with Gasteiger partial charge in [-0.25, -0.2) is 9.80 Å². The fourth-order valence-corrected chi connectivity index (χ4v) is 2.09. The van der Waals surface area contributed by atoms with Crippen LogP contribution in [0, 0.1) is 0 Å². The third-order valence-electron chi connectivity index (χ3n) is 2.60. The molecule has 0 radical (unpaired) electrons. The normalized spacial score (nSPS) is 10.0. The Morgan fingerprint density at radius 1 is 1.42 bits per heavy atom. The average molecular weight is 328 g/mol. The molecule has 104 valence electrons. The summed E-state index contributed by atoms with van der Waals surface area (Å²) in [6.45, 7) is 2.10. The van der Waals surface area contributed by atoms with Gasteiger partial charge in [0.05, 0.1) is 0 Å². The Labute approximate surface area is 121 Å². The number of primary amides is 1. The van der Waals surface area contributed by atoms with Gasteiger partial charge in [-0.2, -0.15) is 0 Å². The lowest BCUT2D eigenvalue weighted by Crippen LogP contribution is -2.48. The number of nitrogens with one attached hydrogen (secondary N) is 1. The second kappa shape index (κ2) is 7.78. The van der Waals surface area contributed by atoms with Gasteiger partial charge < -0.3 is 5.73 Å². The second-order valence-electron chi connectivity index (χ2n) is 4.10. The molecule has 0 saturated carbocycles. The number of nitrogens with zero attached hydrogens (tertiary/aromatic N) is 1. The number of nitrogens with two attached hydrogens (primary N) is 1. The van der Waals surface area contributed by atoms with Gasteiger partial charge >= 0.3 is 6.03 Å². The molecule has 1 aromatic carbocycles. The van der Waals surface area contributed by atoms with Crippen molar-refractivity contribution in [1.82, 2.24) is 10.4 Å². The van der Waals surface area contributed by atoms with Crippen LogP contribution in [0.2, 0.25) is 0 Å². The van der Waals surface area contributed by atoms with E-state index >= 15 is 0 Å². The molecular weight excluding hydrogens is 310 g/mol. The number of hydrogen-bond donors (Lipinski definition) is 2. The zero-order chi connectivity index (χ0) is 14.3. The quantitative estimate of drug-likeness (QED) is 0.813. The summed E-state index contributed by atoms with van der Waals surface area (Å²) in [5, 5.41) is 1.10. The van der Waals surface area contributed by atoms with Crippen molar-refractivity contribution in [2.75, 3.05) is 6.54 Å². The Morgan fingerprint density at radius 3 is 2.74 bits per heavy atom. The fourth-order valence-electron chi connectivity index (χ4n) is 1.64. The number of hydrazine groups is 1. The maximum absolute atomic E-state index is 11.6. The lowest BCUT2D eigenvalue weighted by molar-refractivity contribution is -0.124. The van der Waals surface area contributed by atoms with Crippen LogP contribution in [0.4, 0.5) is 4.79 Å². The van der Waals surface area contributed by atoms with Crippen LogP contribution < -0.4 is 11.2 Å². The van der Waals surface area contributed by atoms with Crippen LogP contribution in [0.3, 0.4) is 0 Å². The van der Waals surface area contributed by atoms with Gasteiger partial charge in [0.15, 0.2) is 0 Å². The molecule has 0 unspecified atom stereocenters. The van der Waals surface area contributed by atoms with Crippen LogP contribution in [-0.4, -0.2) is 23.5 Å². The molecule has 0 fully saturated rings. The summed E-state index contributed by atoms with van der Waals surface area (Å²) in [7, 11) is 0. The minimum Gasteiger partial charge on any atom is -0.350 e. The SMILES string of the molecule is CCN(NC(=O)CCCc1cccc(Br)c1)C(N)=O. The summed E-state index contributed by atoms with van der Waals surface area (Å²) in [5.41, 5.74) is 8.74. The van der Waals surface area contributed by atoms with E-state index in [-0.39, 0.29) is 5.91 Å². The number of halogens is 1. The minimum absolute atomic E-state index is 0.198. The summed E-state index contributed by atoms with van der Waals surface area (Å²) in [4.78, 5) is 22.5. The molecule has 3 amide bonds. The molecule has 19 heavy (non-hydrogen) atoms. The Kier molecular flexibility index (Phi) is 6.35. The number of carbonyl (C=O) groups excluding carboxylic acids is 2. The Morgan fingerprint density at radius 2 is 2.16 bits per heavy atom. The minimum atomic E-state index is -0.650. The van der Waals surface area contributed by atoms with Gasteiger partial charge in [0.2, 0.25) is 5.91 Å². The molecule has 0 aliphatic rings. The summed E-state index contributed by atoms with van der Waals surface area (Å²) in [6, 6.07) is 7.32. The third kappa shape index (κ3) is 5.74. The van der Waals surface area contributed by atoms with E-state index in [2.05, 4.69) is 21.4 Å². The van der Waals surface area contributed by atoms with Crippen molar-refractivity contribution in [3.63, 3.8) is 0 Å². The highest BCUT2D eigenvalue weighted by Crippen LogP contribution is 2.13. The topological polar surface area (TPSA) is 75.4 Å². The van der Waals surface area contributed by atoms with Gasteiger partial charge in [-0.3, -0.25) is 10.2 Å². The van der Waals surface area contributed by atoms with Gasteiger partial charge in [-0.15, -0.1) is 0 Å². The first kappa shape index (κ1) is 15.5. The Balaban J connectivity index is 2.33. The molecule has 0 spiro atoms. The van der Waals surface area contributed by atoms with Crippen molar-refractivity contribution in [3.8, 4) is 0 Å². The molecule has 1 rings (SSSR count). The zero-order valence-corrected chi connectivity index (χ0v) is 12.4. The molecule has 1 aromatic rings. The molecule has 6 heteroatoms. The fraction of sp³-hybridized carbons (Fsp3) is 0.385. The van der Waals surface area contributed by atoms with Crippen molar-refractivity contribution >= 4 is 27.9 Å². The lowest BCUT2D eigenvalue weighted by atomic mass is 10.1. The number of aryl methyl sites for hydroxylation is 1. The van der Waals surface area contributed by atoms with E-state index in [4.69, 9.17) is 5.73 Å². The second-order valence-corrected chi connectivity index (χ2v) is 5.02. The first-order chi connectivity index (χ1) is 9.02.